The van der Waals surface area contributed by atoms with E-state index in [4.69, 9.17) is 0 Å². The third-order valence-corrected chi connectivity index (χ3v) is 4.19. The summed E-state index contributed by atoms with van der Waals surface area (Å²) in [4.78, 5) is 11.8. The molecule has 18 heavy (non-hydrogen) atoms. The monoisotopic (exact) mass is 246 g/mol. The zero-order valence-electron chi connectivity index (χ0n) is 10.4. The predicted molar refractivity (Wildman–Crippen MR) is 68.1 cm³/mol. The van der Waals surface area contributed by atoms with Crippen LogP contribution in [0, 0.1) is 5.41 Å². The SMILES string of the molecule is O=C(Nc1ccnnc1)NC1CC12CCCCC2. The van der Waals surface area contributed by atoms with Crippen LogP contribution in [0.3, 0.4) is 0 Å². The highest BCUT2D eigenvalue weighted by Gasteiger charge is 2.54. The molecule has 2 aliphatic rings. The Balaban J connectivity index is 1.51. The number of nitrogens with one attached hydrogen (secondary N) is 2. The van der Waals surface area contributed by atoms with E-state index in [1.54, 1.807) is 18.5 Å². The van der Waals surface area contributed by atoms with Crippen molar-refractivity contribution in [1.29, 1.82) is 0 Å². The van der Waals surface area contributed by atoms with Crippen molar-refractivity contribution in [3.8, 4) is 0 Å². The van der Waals surface area contributed by atoms with E-state index in [1.165, 1.54) is 32.1 Å². The van der Waals surface area contributed by atoms with E-state index in [-0.39, 0.29) is 6.03 Å². The van der Waals surface area contributed by atoms with E-state index in [9.17, 15) is 4.79 Å². The van der Waals surface area contributed by atoms with Crippen LogP contribution in [0.5, 0.6) is 0 Å². The normalized spacial score (nSPS) is 24.6. The van der Waals surface area contributed by atoms with Crippen LogP contribution in [0.2, 0.25) is 0 Å². The van der Waals surface area contributed by atoms with E-state index in [0.29, 0.717) is 17.1 Å². The smallest absolute Gasteiger partial charge is 0.319 e. The van der Waals surface area contributed by atoms with Crippen molar-refractivity contribution in [3.05, 3.63) is 18.5 Å². The number of urea groups is 1. The van der Waals surface area contributed by atoms with Gasteiger partial charge in [0.25, 0.3) is 0 Å². The number of nitrogens with zero attached hydrogens (tertiary/aromatic N) is 2. The van der Waals surface area contributed by atoms with Gasteiger partial charge in [-0.1, -0.05) is 19.3 Å². The summed E-state index contributed by atoms with van der Waals surface area (Å²) in [6, 6.07) is 1.97. The van der Waals surface area contributed by atoms with Gasteiger partial charge in [-0.05, 0) is 30.7 Å². The second kappa shape index (κ2) is 4.55. The quantitative estimate of drug-likeness (QED) is 0.841. The van der Waals surface area contributed by atoms with Crippen LogP contribution >= 0.6 is 0 Å². The topological polar surface area (TPSA) is 66.9 Å². The minimum absolute atomic E-state index is 0.129. The van der Waals surface area contributed by atoms with E-state index < -0.39 is 0 Å². The first-order valence-electron chi connectivity index (χ1n) is 6.63. The van der Waals surface area contributed by atoms with Gasteiger partial charge in [-0.3, -0.25) is 0 Å². The Bertz CT molecular complexity index is 428. The molecule has 0 radical (unpaired) electrons. The number of rotatable bonds is 2. The minimum Gasteiger partial charge on any atom is -0.335 e. The molecule has 0 bridgehead atoms. The fraction of sp³-hybridized carbons (Fsp3) is 0.615. The summed E-state index contributed by atoms with van der Waals surface area (Å²) in [6.07, 6.45) is 10.8. The zero-order valence-corrected chi connectivity index (χ0v) is 10.4. The maximum absolute atomic E-state index is 11.8. The van der Waals surface area contributed by atoms with Crippen LogP contribution in [0.4, 0.5) is 10.5 Å². The molecule has 1 atom stereocenters. The number of aromatic nitrogens is 2. The summed E-state index contributed by atoms with van der Waals surface area (Å²) >= 11 is 0. The van der Waals surface area contributed by atoms with E-state index in [1.807, 2.05) is 0 Å². The van der Waals surface area contributed by atoms with E-state index >= 15 is 0 Å². The summed E-state index contributed by atoms with van der Waals surface area (Å²) in [6.45, 7) is 0. The number of anilines is 1. The molecule has 1 spiro atoms. The van der Waals surface area contributed by atoms with Crippen molar-refractivity contribution in [1.82, 2.24) is 15.5 Å². The molecule has 2 N–H and O–H groups in total. The number of amides is 2. The molecule has 1 aromatic rings. The van der Waals surface area contributed by atoms with Gasteiger partial charge in [0, 0.05) is 6.04 Å². The lowest BCUT2D eigenvalue weighted by Crippen LogP contribution is -2.34. The molecule has 2 amide bonds. The molecular weight excluding hydrogens is 228 g/mol. The van der Waals surface area contributed by atoms with Gasteiger partial charge in [0.1, 0.15) is 0 Å². The fourth-order valence-corrected chi connectivity index (χ4v) is 3.05. The van der Waals surface area contributed by atoms with Crippen LogP contribution in [0.1, 0.15) is 38.5 Å². The highest BCUT2D eigenvalue weighted by atomic mass is 16.2. The van der Waals surface area contributed by atoms with Crippen molar-refractivity contribution in [2.24, 2.45) is 5.41 Å². The average Bonchev–Trinajstić information content (AvgIpc) is 3.02. The summed E-state index contributed by atoms with van der Waals surface area (Å²) in [5.41, 5.74) is 1.10. The number of carbonyl (C=O) groups excluding carboxylic acids is 1. The highest BCUT2D eigenvalue weighted by Crippen LogP contribution is 2.56. The Morgan fingerprint density at radius 3 is 2.83 bits per heavy atom. The molecule has 1 unspecified atom stereocenters. The third kappa shape index (κ3) is 2.30. The number of hydrogen-bond acceptors (Lipinski definition) is 3. The van der Waals surface area contributed by atoms with E-state index in [0.717, 1.165) is 6.42 Å². The Morgan fingerprint density at radius 2 is 2.11 bits per heavy atom. The standard InChI is InChI=1S/C13H18N4O/c18-12(16-10-4-7-14-15-9-10)17-11-8-13(11)5-2-1-3-6-13/h4,7,9,11H,1-3,5-6,8H2,(H2,14,16,17,18). The van der Waals surface area contributed by atoms with Gasteiger partial charge >= 0.3 is 6.03 Å². The molecule has 0 saturated heterocycles. The Hall–Kier alpha value is -1.65. The second-order valence-corrected chi connectivity index (χ2v) is 5.41. The summed E-state index contributed by atoms with van der Waals surface area (Å²) in [7, 11) is 0. The molecule has 2 aliphatic carbocycles. The molecule has 0 aromatic carbocycles. The summed E-state index contributed by atoms with van der Waals surface area (Å²) in [5, 5.41) is 13.2. The van der Waals surface area contributed by atoms with Gasteiger partial charge in [0.05, 0.1) is 18.1 Å². The largest absolute Gasteiger partial charge is 0.335 e. The molecule has 1 heterocycles. The zero-order chi connectivity index (χ0) is 12.4. The summed E-state index contributed by atoms with van der Waals surface area (Å²) in [5.74, 6) is 0. The van der Waals surface area contributed by atoms with Crippen LogP contribution < -0.4 is 10.6 Å². The second-order valence-electron chi connectivity index (χ2n) is 5.41. The highest BCUT2D eigenvalue weighted by molar-refractivity contribution is 5.89. The number of hydrogen-bond donors (Lipinski definition) is 2. The third-order valence-electron chi connectivity index (χ3n) is 4.19. The Labute approximate surface area is 106 Å². The van der Waals surface area contributed by atoms with Gasteiger partial charge in [-0.25, -0.2) is 4.79 Å². The molecule has 3 rings (SSSR count). The Morgan fingerprint density at radius 1 is 1.28 bits per heavy atom. The lowest BCUT2D eigenvalue weighted by molar-refractivity contribution is 0.247. The first kappa shape index (κ1) is 11.4. The van der Waals surface area contributed by atoms with Crippen molar-refractivity contribution in [2.75, 3.05) is 5.32 Å². The van der Waals surface area contributed by atoms with Crippen molar-refractivity contribution >= 4 is 11.7 Å². The van der Waals surface area contributed by atoms with Gasteiger partial charge < -0.3 is 10.6 Å². The van der Waals surface area contributed by atoms with Crippen LogP contribution in [-0.2, 0) is 0 Å². The maximum Gasteiger partial charge on any atom is 0.319 e. The molecule has 0 aliphatic heterocycles. The lowest BCUT2D eigenvalue weighted by Gasteiger charge is -2.22. The van der Waals surface area contributed by atoms with Crippen LogP contribution in [0.15, 0.2) is 18.5 Å². The Kier molecular flexibility index (Phi) is 2.89. The maximum atomic E-state index is 11.8. The average molecular weight is 246 g/mol. The molecule has 2 fully saturated rings. The fourth-order valence-electron chi connectivity index (χ4n) is 3.05. The van der Waals surface area contributed by atoms with Gasteiger partial charge in [0.2, 0.25) is 0 Å². The molecule has 1 aromatic heterocycles. The molecule has 5 heteroatoms. The molecular formula is C13H18N4O. The van der Waals surface area contributed by atoms with Crippen molar-refractivity contribution in [2.45, 2.75) is 44.6 Å². The molecule has 2 saturated carbocycles. The van der Waals surface area contributed by atoms with Crippen LogP contribution in [0.25, 0.3) is 0 Å². The lowest BCUT2D eigenvalue weighted by atomic mass is 9.86. The van der Waals surface area contributed by atoms with E-state index in [2.05, 4.69) is 20.8 Å². The van der Waals surface area contributed by atoms with Gasteiger partial charge in [-0.15, -0.1) is 0 Å². The van der Waals surface area contributed by atoms with Crippen LogP contribution in [-0.4, -0.2) is 22.3 Å². The van der Waals surface area contributed by atoms with Gasteiger partial charge in [-0.2, -0.15) is 10.2 Å². The first-order chi connectivity index (χ1) is 8.78. The van der Waals surface area contributed by atoms with Crippen molar-refractivity contribution < 1.29 is 4.79 Å². The summed E-state index contributed by atoms with van der Waals surface area (Å²) < 4.78 is 0. The molecule has 96 valence electrons. The minimum atomic E-state index is -0.129. The molecule has 5 nitrogen and oxygen atoms in total. The first-order valence-corrected chi connectivity index (χ1v) is 6.63. The van der Waals surface area contributed by atoms with Crippen molar-refractivity contribution in [3.63, 3.8) is 0 Å². The van der Waals surface area contributed by atoms with Gasteiger partial charge in [0.15, 0.2) is 0 Å². The number of carbonyl (C=O) groups is 1. The predicted octanol–water partition coefficient (Wildman–Crippen LogP) is 2.32.